The smallest absolute Gasteiger partial charge is 0.272 e. The number of nitrogens with one attached hydrogen (secondary N) is 1. The van der Waals surface area contributed by atoms with Crippen molar-refractivity contribution in [3.05, 3.63) is 71.5 Å². The normalized spacial score (nSPS) is 11.9. The first-order chi connectivity index (χ1) is 14.7. The van der Waals surface area contributed by atoms with E-state index in [9.17, 15) is 9.59 Å². The van der Waals surface area contributed by atoms with E-state index in [1.807, 2.05) is 76.2 Å². The zero-order chi connectivity index (χ0) is 22.5. The molecular formula is C25H28N4O2. The van der Waals surface area contributed by atoms with Crippen LogP contribution in [0.5, 0.6) is 0 Å². The molecule has 0 spiro atoms. The van der Waals surface area contributed by atoms with Gasteiger partial charge >= 0.3 is 0 Å². The van der Waals surface area contributed by atoms with Crippen molar-refractivity contribution in [1.29, 1.82) is 0 Å². The highest BCUT2D eigenvalue weighted by atomic mass is 16.2. The van der Waals surface area contributed by atoms with Gasteiger partial charge in [0.25, 0.3) is 5.91 Å². The van der Waals surface area contributed by atoms with Gasteiger partial charge in [0, 0.05) is 11.1 Å². The van der Waals surface area contributed by atoms with Crippen LogP contribution in [-0.2, 0) is 4.79 Å². The molecule has 3 aromatic rings. The number of carbonyl (C=O) groups is 2. The number of hydrogen-bond donors (Lipinski definition) is 2. The minimum absolute atomic E-state index is 0.140. The monoisotopic (exact) mass is 416 g/mol. The summed E-state index contributed by atoms with van der Waals surface area (Å²) >= 11 is 0. The first kappa shape index (κ1) is 22.2. The summed E-state index contributed by atoms with van der Waals surface area (Å²) in [6.45, 7) is 7.97. The van der Waals surface area contributed by atoms with E-state index in [1.54, 1.807) is 0 Å². The lowest BCUT2D eigenvalue weighted by molar-refractivity contribution is -0.120. The number of nitrogens with two attached hydrogens (primary N) is 1. The summed E-state index contributed by atoms with van der Waals surface area (Å²) in [5.74, 6) is -0.832. The molecule has 0 fully saturated rings. The molecule has 0 aliphatic rings. The van der Waals surface area contributed by atoms with Crippen LogP contribution in [0.15, 0.2) is 54.7 Å². The molecule has 6 heteroatoms. The number of carbonyl (C=O) groups excluding carboxylic acids is 2. The second-order valence-corrected chi connectivity index (χ2v) is 8.24. The molecule has 6 nitrogen and oxygen atoms in total. The molecule has 1 heterocycles. The molecule has 31 heavy (non-hydrogen) atoms. The second kappa shape index (κ2) is 9.51. The maximum Gasteiger partial charge on any atom is 0.272 e. The fraction of sp³-hybridized carbons (Fsp3) is 0.280. The van der Waals surface area contributed by atoms with Crippen molar-refractivity contribution in [3.63, 3.8) is 0 Å². The largest absolute Gasteiger partial charge is 0.368 e. The Bertz CT molecular complexity index is 1070. The second-order valence-electron chi connectivity index (χ2n) is 8.24. The van der Waals surface area contributed by atoms with Gasteiger partial charge < -0.3 is 11.1 Å². The summed E-state index contributed by atoms with van der Waals surface area (Å²) in [4.78, 5) is 33.8. The highest BCUT2D eigenvalue weighted by Gasteiger charge is 2.22. The summed E-state index contributed by atoms with van der Waals surface area (Å²) in [7, 11) is 0. The van der Waals surface area contributed by atoms with E-state index in [-0.39, 0.29) is 11.6 Å². The molecule has 0 saturated heterocycles. The van der Waals surface area contributed by atoms with Crippen molar-refractivity contribution in [1.82, 2.24) is 15.3 Å². The number of nitrogens with zero attached hydrogens (tertiary/aromatic N) is 2. The van der Waals surface area contributed by atoms with Crippen LogP contribution in [0.3, 0.4) is 0 Å². The van der Waals surface area contributed by atoms with Crippen LogP contribution < -0.4 is 11.1 Å². The number of benzene rings is 2. The van der Waals surface area contributed by atoms with E-state index in [1.165, 1.54) is 6.20 Å². The Morgan fingerprint density at radius 1 is 0.903 bits per heavy atom. The van der Waals surface area contributed by atoms with Crippen molar-refractivity contribution in [3.8, 4) is 22.5 Å². The number of rotatable bonds is 7. The summed E-state index contributed by atoms with van der Waals surface area (Å²) in [6, 6.07) is 15.2. The first-order valence-corrected chi connectivity index (χ1v) is 10.4. The van der Waals surface area contributed by atoms with Gasteiger partial charge in [-0.1, -0.05) is 73.5 Å². The number of aryl methyl sites for hydroxylation is 2. The molecule has 0 unspecified atom stereocenters. The summed E-state index contributed by atoms with van der Waals surface area (Å²) < 4.78 is 0. The molecule has 1 atom stereocenters. The number of primary amides is 1. The predicted molar refractivity (Wildman–Crippen MR) is 122 cm³/mol. The quantitative estimate of drug-likeness (QED) is 0.607. The standard InChI is InChI=1S/C25H28N4O2/c1-15(2)13-20(24(26)30)29-25(31)21-14-27-22(18-9-5-16(3)6-10-18)23(28-21)19-11-7-17(4)8-12-19/h5-12,14-15,20H,13H2,1-4H3,(H2,26,30)(H,29,31)/t20-/m0/s1. The molecule has 0 radical (unpaired) electrons. The van der Waals surface area contributed by atoms with Crippen molar-refractivity contribution < 1.29 is 9.59 Å². The molecular weight excluding hydrogens is 388 g/mol. The van der Waals surface area contributed by atoms with Crippen LogP contribution in [0.25, 0.3) is 22.5 Å². The van der Waals surface area contributed by atoms with Gasteiger partial charge in [0.1, 0.15) is 11.7 Å². The minimum Gasteiger partial charge on any atom is -0.368 e. The SMILES string of the molecule is Cc1ccc(-c2ncc(C(=O)N[C@@H](CC(C)C)C(N)=O)nc2-c2ccc(C)cc2)cc1. The van der Waals surface area contributed by atoms with Gasteiger partial charge in [-0.25, -0.2) is 4.98 Å². The maximum absolute atomic E-state index is 12.8. The van der Waals surface area contributed by atoms with Gasteiger partial charge in [-0.05, 0) is 26.2 Å². The van der Waals surface area contributed by atoms with Crippen molar-refractivity contribution >= 4 is 11.8 Å². The Morgan fingerprint density at radius 2 is 1.42 bits per heavy atom. The van der Waals surface area contributed by atoms with E-state index < -0.39 is 17.9 Å². The Morgan fingerprint density at radius 3 is 1.90 bits per heavy atom. The molecule has 2 aromatic carbocycles. The van der Waals surface area contributed by atoms with Crippen LogP contribution in [0.4, 0.5) is 0 Å². The van der Waals surface area contributed by atoms with E-state index in [0.29, 0.717) is 17.8 Å². The van der Waals surface area contributed by atoms with Gasteiger partial charge in [0.2, 0.25) is 5.91 Å². The summed E-state index contributed by atoms with van der Waals surface area (Å²) in [5, 5.41) is 2.70. The zero-order valence-corrected chi connectivity index (χ0v) is 18.3. The van der Waals surface area contributed by atoms with Gasteiger partial charge in [0.05, 0.1) is 17.6 Å². The lowest BCUT2D eigenvalue weighted by Gasteiger charge is -2.17. The third-order valence-electron chi connectivity index (χ3n) is 5.01. The third kappa shape index (κ3) is 5.54. The Labute approximate surface area is 182 Å². The van der Waals surface area contributed by atoms with Gasteiger partial charge in [0.15, 0.2) is 0 Å². The van der Waals surface area contributed by atoms with E-state index in [0.717, 1.165) is 22.3 Å². The molecule has 3 N–H and O–H groups in total. The minimum atomic E-state index is -0.756. The fourth-order valence-corrected chi connectivity index (χ4v) is 3.28. The summed E-state index contributed by atoms with van der Waals surface area (Å²) in [5.41, 5.74) is 10.9. The van der Waals surface area contributed by atoms with Crippen LogP contribution in [0.2, 0.25) is 0 Å². The molecule has 3 rings (SSSR count). The van der Waals surface area contributed by atoms with E-state index in [2.05, 4.69) is 15.3 Å². The van der Waals surface area contributed by atoms with E-state index >= 15 is 0 Å². The molecule has 160 valence electrons. The van der Waals surface area contributed by atoms with Gasteiger partial charge in [-0.15, -0.1) is 0 Å². The molecule has 1 aromatic heterocycles. The average Bonchev–Trinajstić information content (AvgIpc) is 2.73. The number of aromatic nitrogens is 2. The van der Waals surface area contributed by atoms with Crippen LogP contribution in [-0.4, -0.2) is 27.8 Å². The van der Waals surface area contributed by atoms with Crippen molar-refractivity contribution in [2.45, 2.75) is 40.2 Å². The summed E-state index contributed by atoms with van der Waals surface area (Å²) in [6.07, 6.45) is 1.90. The number of amides is 2. The zero-order valence-electron chi connectivity index (χ0n) is 18.3. The molecule has 0 aliphatic heterocycles. The molecule has 0 bridgehead atoms. The first-order valence-electron chi connectivity index (χ1n) is 10.4. The fourth-order valence-electron chi connectivity index (χ4n) is 3.28. The maximum atomic E-state index is 12.8. The van der Waals surface area contributed by atoms with Gasteiger partial charge in [-0.3, -0.25) is 14.6 Å². The molecule has 0 aliphatic carbocycles. The molecule has 2 amide bonds. The highest BCUT2D eigenvalue weighted by molar-refractivity contribution is 5.96. The number of hydrogen-bond acceptors (Lipinski definition) is 4. The van der Waals surface area contributed by atoms with Crippen molar-refractivity contribution in [2.24, 2.45) is 11.7 Å². The topological polar surface area (TPSA) is 98.0 Å². The third-order valence-corrected chi connectivity index (χ3v) is 5.01. The van der Waals surface area contributed by atoms with Crippen LogP contribution in [0, 0.1) is 19.8 Å². The molecule has 0 saturated carbocycles. The lowest BCUT2D eigenvalue weighted by Crippen LogP contribution is -2.45. The van der Waals surface area contributed by atoms with Gasteiger partial charge in [-0.2, -0.15) is 0 Å². The van der Waals surface area contributed by atoms with Crippen molar-refractivity contribution in [2.75, 3.05) is 0 Å². The Kier molecular flexibility index (Phi) is 6.80. The predicted octanol–water partition coefficient (Wildman–Crippen LogP) is 4.06. The lowest BCUT2D eigenvalue weighted by atomic mass is 10.0. The Hall–Kier alpha value is -3.54. The average molecular weight is 417 g/mol. The Balaban J connectivity index is 2.02. The highest BCUT2D eigenvalue weighted by Crippen LogP contribution is 2.29. The van der Waals surface area contributed by atoms with E-state index in [4.69, 9.17) is 5.73 Å². The van der Waals surface area contributed by atoms with Crippen LogP contribution in [0.1, 0.15) is 41.9 Å². The van der Waals surface area contributed by atoms with Crippen LogP contribution >= 0.6 is 0 Å².